The van der Waals surface area contributed by atoms with Crippen molar-refractivity contribution in [2.75, 3.05) is 11.9 Å². The first-order valence-electron chi connectivity index (χ1n) is 7.01. The van der Waals surface area contributed by atoms with E-state index in [1.165, 1.54) is 0 Å². The van der Waals surface area contributed by atoms with E-state index in [0.29, 0.717) is 15.7 Å². The third kappa shape index (κ3) is 5.23. The van der Waals surface area contributed by atoms with Gasteiger partial charge in [-0.2, -0.15) is 0 Å². The lowest BCUT2D eigenvalue weighted by Crippen LogP contribution is -2.22. The van der Waals surface area contributed by atoms with Crippen molar-refractivity contribution in [3.63, 3.8) is 0 Å². The lowest BCUT2D eigenvalue weighted by atomic mass is 10.1. The van der Waals surface area contributed by atoms with E-state index < -0.39 is 11.9 Å². The highest BCUT2D eigenvalue weighted by molar-refractivity contribution is 9.10. The number of amides is 1. The lowest BCUT2D eigenvalue weighted by molar-refractivity contribution is -0.146. The largest absolute Gasteiger partial charge is 0.455 e. The van der Waals surface area contributed by atoms with Crippen molar-refractivity contribution in [3.8, 4) is 0 Å². The van der Waals surface area contributed by atoms with Crippen molar-refractivity contribution in [1.29, 1.82) is 0 Å². The van der Waals surface area contributed by atoms with Gasteiger partial charge in [-0.05, 0) is 58.2 Å². The summed E-state index contributed by atoms with van der Waals surface area (Å²) < 4.78 is 5.72. The maximum atomic E-state index is 11.9. The molecule has 126 valence electrons. The fourth-order valence-corrected chi connectivity index (χ4v) is 2.66. The molecule has 7 heteroatoms. The lowest BCUT2D eigenvalue weighted by Gasteiger charge is -2.11. The Morgan fingerprint density at radius 1 is 1.12 bits per heavy atom. The van der Waals surface area contributed by atoms with Gasteiger partial charge in [-0.3, -0.25) is 9.59 Å². The van der Waals surface area contributed by atoms with Crippen LogP contribution in [0, 0.1) is 6.92 Å². The van der Waals surface area contributed by atoms with Crippen LogP contribution in [-0.2, 0) is 20.7 Å². The molecule has 0 heterocycles. The van der Waals surface area contributed by atoms with Gasteiger partial charge >= 0.3 is 5.97 Å². The van der Waals surface area contributed by atoms with Crippen LogP contribution in [0.25, 0.3) is 0 Å². The Bertz CT molecular complexity index is 763. The summed E-state index contributed by atoms with van der Waals surface area (Å²) in [5.41, 5.74) is 2.06. The first-order valence-corrected chi connectivity index (χ1v) is 8.56. The van der Waals surface area contributed by atoms with Gasteiger partial charge in [0.15, 0.2) is 6.61 Å². The van der Waals surface area contributed by atoms with Gasteiger partial charge in [-0.1, -0.05) is 35.3 Å². The summed E-state index contributed by atoms with van der Waals surface area (Å²) in [6.45, 7) is 1.43. The molecule has 2 aromatic carbocycles. The van der Waals surface area contributed by atoms with E-state index in [1.54, 1.807) is 43.3 Å². The van der Waals surface area contributed by atoms with E-state index in [2.05, 4.69) is 21.2 Å². The van der Waals surface area contributed by atoms with E-state index in [-0.39, 0.29) is 13.0 Å². The van der Waals surface area contributed by atoms with Crippen LogP contribution in [0.3, 0.4) is 0 Å². The first-order chi connectivity index (χ1) is 11.4. The van der Waals surface area contributed by atoms with Gasteiger partial charge < -0.3 is 10.1 Å². The van der Waals surface area contributed by atoms with Crippen molar-refractivity contribution >= 4 is 56.7 Å². The summed E-state index contributed by atoms with van der Waals surface area (Å²) in [6.07, 6.45) is 0.0770. The van der Waals surface area contributed by atoms with Gasteiger partial charge in [0.2, 0.25) is 0 Å². The van der Waals surface area contributed by atoms with Crippen molar-refractivity contribution in [2.24, 2.45) is 0 Å². The second-order valence-electron chi connectivity index (χ2n) is 5.05. The molecule has 0 fully saturated rings. The number of benzene rings is 2. The molecule has 0 aliphatic rings. The standard InChI is InChI=1S/C17H14BrCl2NO3/c1-10-14(7-6-13(18)17(10)20)21-15(22)9-24-16(23)8-11-2-4-12(19)5-3-11/h2-7H,8-9H2,1H3,(H,21,22). The van der Waals surface area contributed by atoms with Crippen LogP contribution in [0.5, 0.6) is 0 Å². The third-order valence-corrected chi connectivity index (χ3v) is 4.87. The number of esters is 1. The second-order valence-corrected chi connectivity index (χ2v) is 6.71. The number of ether oxygens (including phenoxy) is 1. The SMILES string of the molecule is Cc1c(NC(=O)COC(=O)Cc2ccc(Cl)cc2)ccc(Br)c1Cl. The molecule has 0 radical (unpaired) electrons. The summed E-state index contributed by atoms with van der Waals surface area (Å²) in [4.78, 5) is 23.7. The highest BCUT2D eigenvalue weighted by atomic mass is 79.9. The number of anilines is 1. The molecule has 0 saturated carbocycles. The molecule has 0 spiro atoms. The fraction of sp³-hybridized carbons (Fsp3) is 0.176. The summed E-state index contributed by atoms with van der Waals surface area (Å²) in [5.74, 6) is -0.918. The number of nitrogens with one attached hydrogen (secondary N) is 1. The zero-order chi connectivity index (χ0) is 17.7. The summed E-state index contributed by atoms with van der Waals surface area (Å²) in [7, 11) is 0. The highest BCUT2D eigenvalue weighted by Crippen LogP contribution is 2.30. The maximum absolute atomic E-state index is 11.9. The smallest absolute Gasteiger partial charge is 0.310 e. The zero-order valence-corrected chi connectivity index (χ0v) is 15.8. The molecular weight excluding hydrogens is 417 g/mol. The van der Waals surface area contributed by atoms with E-state index in [0.717, 1.165) is 15.6 Å². The third-order valence-electron chi connectivity index (χ3n) is 3.24. The van der Waals surface area contributed by atoms with Gasteiger partial charge in [0.05, 0.1) is 11.4 Å². The summed E-state index contributed by atoms with van der Waals surface area (Å²) in [5, 5.41) is 3.78. The number of carbonyl (C=O) groups is 2. The van der Waals surface area contributed by atoms with E-state index in [1.807, 2.05) is 0 Å². The maximum Gasteiger partial charge on any atom is 0.310 e. The van der Waals surface area contributed by atoms with Gasteiger partial charge in [-0.25, -0.2) is 0 Å². The van der Waals surface area contributed by atoms with Crippen LogP contribution in [0.4, 0.5) is 5.69 Å². The van der Waals surface area contributed by atoms with Crippen LogP contribution >= 0.6 is 39.1 Å². The molecule has 0 unspecified atom stereocenters. The van der Waals surface area contributed by atoms with Gasteiger partial charge in [-0.15, -0.1) is 0 Å². The van der Waals surface area contributed by atoms with Crippen LogP contribution < -0.4 is 5.32 Å². The predicted octanol–water partition coefficient (Wildman–Crippen LogP) is 4.79. The zero-order valence-electron chi connectivity index (χ0n) is 12.7. The van der Waals surface area contributed by atoms with E-state index in [4.69, 9.17) is 27.9 Å². The molecule has 2 rings (SSSR count). The second kappa shape index (κ2) is 8.51. The number of hydrogen-bond donors (Lipinski definition) is 1. The summed E-state index contributed by atoms with van der Waals surface area (Å²) >= 11 is 15.2. The van der Waals surface area contributed by atoms with Crippen molar-refractivity contribution in [3.05, 3.63) is 62.0 Å². The molecular formula is C17H14BrCl2NO3. The van der Waals surface area contributed by atoms with Gasteiger partial charge in [0.1, 0.15) is 0 Å². The Morgan fingerprint density at radius 3 is 2.46 bits per heavy atom. The minimum atomic E-state index is -0.488. The van der Waals surface area contributed by atoms with Crippen LogP contribution in [0.15, 0.2) is 40.9 Å². The van der Waals surface area contributed by atoms with E-state index in [9.17, 15) is 9.59 Å². The quantitative estimate of drug-likeness (QED) is 0.693. The topological polar surface area (TPSA) is 55.4 Å². The normalized spacial score (nSPS) is 10.3. The molecule has 1 N–H and O–H groups in total. The van der Waals surface area contributed by atoms with Gasteiger partial charge in [0, 0.05) is 15.2 Å². The molecule has 0 bridgehead atoms. The molecule has 0 aliphatic carbocycles. The molecule has 1 amide bonds. The predicted molar refractivity (Wildman–Crippen MR) is 98.6 cm³/mol. The number of rotatable bonds is 5. The molecule has 0 saturated heterocycles. The van der Waals surface area contributed by atoms with Crippen molar-refractivity contribution in [1.82, 2.24) is 0 Å². The minimum absolute atomic E-state index is 0.0770. The summed E-state index contributed by atoms with van der Waals surface area (Å²) in [6, 6.07) is 10.3. The molecule has 24 heavy (non-hydrogen) atoms. The Hall–Kier alpha value is -1.56. The van der Waals surface area contributed by atoms with E-state index >= 15 is 0 Å². The Kier molecular flexibility index (Phi) is 6.66. The van der Waals surface area contributed by atoms with Crippen LogP contribution in [0.2, 0.25) is 10.0 Å². The number of halogens is 3. The van der Waals surface area contributed by atoms with Crippen LogP contribution in [-0.4, -0.2) is 18.5 Å². The Balaban J connectivity index is 1.86. The molecule has 0 aliphatic heterocycles. The van der Waals surface area contributed by atoms with Gasteiger partial charge in [0.25, 0.3) is 5.91 Å². The average Bonchev–Trinajstić information content (AvgIpc) is 2.56. The average molecular weight is 431 g/mol. The number of hydrogen-bond acceptors (Lipinski definition) is 3. The molecule has 0 aromatic heterocycles. The monoisotopic (exact) mass is 429 g/mol. The molecule has 2 aromatic rings. The molecule has 0 atom stereocenters. The minimum Gasteiger partial charge on any atom is -0.455 e. The molecule has 4 nitrogen and oxygen atoms in total. The highest BCUT2D eigenvalue weighted by Gasteiger charge is 2.12. The first kappa shape index (κ1) is 18.8. The van der Waals surface area contributed by atoms with Crippen molar-refractivity contribution in [2.45, 2.75) is 13.3 Å². The Morgan fingerprint density at radius 2 is 1.79 bits per heavy atom. The fourth-order valence-electron chi connectivity index (χ4n) is 1.94. The number of carbonyl (C=O) groups excluding carboxylic acids is 2. The Labute approximate surface area is 158 Å². The van der Waals surface area contributed by atoms with Crippen LogP contribution in [0.1, 0.15) is 11.1 Å². The van der Waals surface area contributed by atoms with Crippen molar-refractivity contribution < 1.29 is 14.3 Å².